The molecule has 2 aromatic carbocycles. The van der Waals surface area contributed by atoms with Gasteiger partial charge in [-0.05, 0) is 54.8 Å². The van der Waals surface area contributed by atoms with E-state index in [0.717, 1.165) is 49.0 Å². The molecular formula is C23H33IN4O3. The van der Waals surface area contributed by atoms with Gasteiger partial charge in [-0.25, -0.2) is 0 Å². The molecule has 2 rings (SSSR count). The van der Waals surface area contributed by atoms with E-state index in [0.29, 0.717) is 12.2 Å². The minimum absolute atomic E-state index is 0. The van der Waals surface area contributed by atoms with Crippen molar-refractivity contribution in [1.82, 2.24) is 15.5 Å². The highest BCUT2D eigenvalue weighted by Gasteiger charge is 2.08. The Bertz CT molecular complexity index is 826. The van der Waals surface area contributed by atoms with Gasteiger partial charge in [0.1, 0.15) is 11.5 Å². The molecule has 0 unspecified atom stereocenters. The van der Waals surface area contributed by atoms with Gasteiger partial charge >= 0.3 is 0 Å². The quantitative estimate of drug-likeness (QED) is 0.210. The number of aliphatic imine (C=N–C) groups is 1. The number of rotatable bonds is 10. The van der Waals surface area contributed by atoms with Gasteiger partial charge in [0.15, 0.2) is 5.96 Å². The number of nitrogens with zero attached hydrogens (tertiary/aromatic N) is 2. The summed E-state index contributed by atoms with van der Waals surface area (Å²) in [6, 6.07) is 15.3. The molecule has 0 spiro atoms. The van der Waals surface area contributed by atoms with Gasteiger partial charge in [0.25, 0.3) is 5.91 Å². The maximum atomic E-state index is 12.1. The zero-order valence-corrected chi connectivity index (χ0v) is 21.0. The predicted octanol–water partition coefficient (Wildman–Crippen LogP) is 3.19. The Hall–Kier alpha value is -2.49. The SMILES string of the molecule is CN=C(NCCCOc1ccc(OC)cc1)NCCc1cccc(C(=O)N(C)C)c1.I. The minimum atomic E-state index is 0. The summed E-state index contributed by atoms with van der Waals surface area (Å²) >= 11 is 0. The fourth-order valence-corrected chi connectivity index (χ4v) is 2.80. The first-order valence-corrected chi connectivity index (χ1v) is 10.1. The number of carbonyl (C=O) groups excluding carboxylic acids is 1. The van der Waals surface area contributed by atoms with Crippen molar-refractivity contribution in [2.24, 2.45) is 4.99 Å². The Balaban J connectivity index is 0.00000480. The summed E-state index contributed by atoms with van der Waals surface area (Å²) in [6.45, 7) is 2.09. The van der Waals surface area contributed by atoms with Gasteiger partial charge < -0.3 is 25.0 Å². The first kappa shape index (κ1) is 26.5. The van der Waals surface area contributed by atoms with Crippen LogP contribution in [-0.4, -0.2) is 64.7 Å². The van der Waals surface area contributed by atoms with Crippen LogP contribution in [-0.2, 0) is 6.42 Å². The lowest BCUT2D eigenvalue weighted by Crippen LogP contribution is -2.39. The normalized spacial score (nSPS) is 10.6. The van der Waals surface area contributed by atoms with Crippen LogP contribution >= 0.6 is 24.0 Å². The van der Waals surface area contributed by atoms with Crippen molar-refractivity contribution in [3.8, 4) is 11.5 Å². The largest absolute Gasteiger partial charge is 0.497 e. The van der Waals surface area contributed by atoms with Crippen LogP contribution in [0.3, 0.4) is 0 Å². The lowest BCUT2D eigenvalue weighted by molar-refractivity contribution is 0.0827. The minimum Gasteiger partial charge on any atom is -0.497 e. The summed E-state index contributed by atoms with van der Waals surface area (Å²) in [5.74, 6) is 2.40. The Morgan fingerprint density at radius 2 is 1.71 bits per heavy atom. The molecule has 0 bridgehead atoms. The molecule has 0 atom stereocenters. The Morgan fingerprint density at radius 3 is 2.35 bits per heavy atom. The summed E-state index contributed by atoms with van der Waals surface area (Å²) in [5, 5.41) is 6.58. The molecule has 0 aromatic heterocycles. The smallest absolute Gasteiger partial charge is 0.253 e. The zero-order valence-electron chi connectivity index (χ0n) is 18.7. The second-order valence-corrected chi connectivity index (χ2v) is 6.95. The maximum absolute atomic E-state index is 12.1. The highest BCUT2D eigenvalue weighted by atomic mass is 127. The second kappa shape index (κ2) is 14.5. The average Bonchev–Trinajstić information content (AvgIpc) is 2.77. The van der Waals surface area contributed by atoms with E-state index in [1.165, 1.54) is 0 Å². The summed E-state index contributed by atoms with van der Waals surface area (Å²) in [5.41, 5.74) is 1.82. The molecule has 7 nitrogen and oxygen atoms in total. The number of methoxy groups -OCH3 is 1. The molecule has 2 N–H and O–H groups in total. The van der Waals surface area contributed by atoms with E-state index in [4.69, 9.17) is 9.47 Å². The van der Waals surface area contributed by atoms with Crippen LogP contribution in [0.25, 0.3) is 0 Å². The van der Waals surface area contributed by atoms with Gasteiger partial charge in [0.05, 0.1) is 13.7 Å². The zero-order chi connectivity index (χ0) is 21.8. The van der Waals surface area contributed by atoms with Crippen LogP contribution in [0.1, 0.15) is 22.3 Å². The van der Waals surface area contributed by atoms with Crippen molar-refractivity contribution in [3.63, 3.8) is 0 Å². The van der Waals surface area contributed by atoms with E-state index < -0.39 is 0 Å². The first-order chi connectivity index (χ1) is 14.5. The van der Waals surface area contributed by atoms with E-state index in [2.05, 4.69) is 15.6 Å². The van der Waals surface area contributed by atoms with Gasteiger partial charge in [0, 0.05) is 39.8 Å². The second-order valence-electron chi connectivity index (χ2n) is 6.95. The molecule has 0 aliphatic carbocycles. The van der Waals surface area contributed by atoms with E-state index in [9.17, 15) is 4.79 Å². The third kappa shape index (κ3) is 9.46. The Morgan fingerprint density at radius 1 is 1.03 bits per heavy atom. The number of carbonyl (C=O) groups is 1. The van der Waals surface area contributed by atoms with Crippen molar-refractivity contribution >= 4 is 35.8 Å². The van der Waals surface area contributed by atoms with Crippen LogP contribution in [0.4, 0.5) is 0 Å². The van der Waals surface area contributed by atoms with Crippen LogP contribution < -0.4 is 20.1 Å². The van der Waals surface area contributed by atoms with Gasteiger partial charge in [-0.2, -0.15) is 0 Å². The molecule has 0 fully saturated rings. The molecule has 31 heavy (non-hydrogen) atoms. The number of ether oxygens (including phenoxy) is 2. The molecule has 0 aliphatic rings. The highest BCUT2D eigenvalue weighted by Crippen LogP contribution is 2.16. The standard InChI is InChI=1S/C23H32N4O3.HI/c1-24-23(25-14-6-16-30-21-11-9-20(29-4)10-12-21)26-15-13-18-7-5-8-19(17-18)22(28)27(2)3;/h5,7-12,17H,6,13-16H2,1-4H3,(H2,24,25,26);1H. The molecule has 0 heterocycles. The van der Waals surface area contributed by atoms with Crippen LogP contribution in [0.15, 0.2) is 53.5 Å². The van der Waals surface area contributed by atoms with Crippen molar-refractivity contribution in [2.45, 2.75) is 12.8 Å². The average molecular weight is 540 g/mol. The summed E-state index contributed by atoms with van der Waals surface area (Å²) in [4.78, 5) is 17.9. The number of nitrogens with one attached hydrogen (secondary N) is 2. The van der Waals surface area contributed by atoms with Gasteiger partial charge in [0.2, 0.25) is 0 Å². The van der Waals surface area contributed by atoms with Crippen LogP contribution in [0.5, 0.6) is 11.5 Å². The molecular weight excluding hydrogens is 507 g/mol. The molecule has 1 amide bonds. The fourth-order valence-electron chi connectivity index (χ4n) is 2.80. The van der Waals surface area contributed by atoms with E-state index in [1.54, 1.807) is 33.2 Å². The predicted molar refractivity (Wildman–Crippen MR) is 136 cm³/mol. The molecule has 0 saturated heterocycles. The fraction of sp³-hybridized carbons (Fsp3) is 0.391. The van der Waals surface area contributed by atoms with Crippen molar-refractivity contribution in [3.05, 3.63) is 59.7 Å². The van der Waals surface area contributed by atoms with Crippen molar-refractivity contribution in [1.29, 1.82) is 0 Å². The Labute approximate surface area is 202 Å². The summed E-state index contributed by atoms with van der Waals surface area (Å²) < 4.78 is 10.9. The number of amides is 1. The van der Waals surface area contributed by atoms with Gasteiger partial charge in [-0.3, -0.25) is 9.79 Å². The molecule has 170 valence electrons. The van der Waals surface area contributed by atoms with Crippen LogP contribution in [0, 0.1) is 0 Å². The van der Waals surface area contributed by atoms with Crippen molar-refractivity contribution < 1.29 is 14.3 Å². The summed E-state index contributed by atoms with van der Waals surface area (Å²) in [7, 11) is 6.91. The van der Waals surface area contributed by atoms with Crippen LogP contribution in [0.2, 0.25) is 0 Å². The van der Waals surface area contributed by atoms with E-state index >= 15 is 0 Å². The maximum Gasteiger partial charge on any atom is 0.253 e. The molecule has 0 saturated carbocycles. The molecule has 0 radical (unpaired) electrons. The van der Waals surface area contributed by atoms with Crippen molar-refractivity contribution in [2.75, 3.05) is 47.9 Å². The highest BCUT2D eigenvalue weighted by molar-refractivity contribution is 14.0. The topological polar surface area (TPSA) is 75.2 Å². The summed E-state index contributed by atoms with van der Waals surface area (Å²) in [6.07, 6.45) is 1.65. The number of halogens is 1. The van der Waals surface area contributed by atoms with E-state index in [-0.39, 0.29) is 29.9 Å². The third-order valence-corrected chi connectivity index (χ3v) is 4.45. The monoisotopic (exact) mass is 540 g/mol. The van der Waals surface area contributed by atoms with E-state index in [1.807, 2.05) is 48.5 Å². The lowest BCUT2D eigenvalue weighted by Gasteiger charge is -2.13. The molecule has 2 aromatic rings. The lowest BCUT2D eigenvalue weighted by atomic mass is 10.1. The number of hydrogen-bond donors (Lipinski definition) is 2. The number of hydrogen-bond acceptors (Lipinski definition) is 4. The number of benzene rings is 2. The third-order valence-electron chi connectivity index (χ3n) is 4.45. The Kier molecular flexibility index (Phi) is 12.4. The number of guanidine groups is 1. The first-order valence-electron chi connectivity index (χ1n) is 10.1. The van der Waals surface area contributed by atoms with Gasteiger partial charge in [-0.1, -0.05) is 12.1 Å². The van der Waals surface area contributed by atoms with Gasteiger partial charge in [-0.15, -0.1) is 24.0 Å². The molecule has 0 aliphatic heterocycles. The molecule has 8 heteroatoms.